The molecule has 7 heteroatoms. The van der Waals surface area contributed by atoms with Gasteiger partial charge in [0.05, 0.1) is 5.69 Å². The van der Waals surface area contributed by atoms with E-state index < -0.39 is 23.4 Å². The molecule has 1 aliphatic rings. The van der Waals surface area contributed by atoms with Gasteiger partial charge in [-0.05, 0) is 55.5 Å². The van der Waals surface area contributed by atoms with Gasteiger partial charge in [-0.15, -0.1) is 0 Å². The Hall–Kier alpha value is -2.96. The molecular weight excluding hydrogens is 388 g/mol. The SMILES string of the molecule is O=C(NCCCc1ccc(N2CCCCCC2)cc1)C(=O)Nc1cc(F)ccc1F. The van der Waals surface area contributed by atoms with Crippen LogP contribution in [0.15, 0.2) is 42.5 Å². The summed E-state index contributed by atoms with van der Waals surface area (Å²) < 4.78 is 26.7. The van der Waals surface area contributed by atoms with Gasteiger partial charge in [0.1, 0.15) is 11.6 Å². The maximum absolute atomic E-state index is 13.5. The first-order chi connectivity index (χ1) is 14.5. The van der Waals surface area contributed by atoms with Crippen LogP contribution in [0.1, 0.15) is 37.7 Å². The van der Waals surface area contributed by atoms with Gasteiger partial charge in [-0.3, -0.25) is 9.59 Å². The molecule has 5 nitrogen and oxygen atoms in total. The Morgan fingerprint density at radius 2 is 1.60 bits per heavy atom. The molecule has 30 heavy (non-hydrogen) atoms. The summed E-state index contributed by atoms with van der Waals surface area (Å²) in [5, 5.41) is 4.58. The van der Waals surface area contributed by atoms with E-state index in [-0.39, 0.29) is 5.69 Å². The van der Waals surface area contributed by atoms with Crippen LogP contribution in [-0.2, 0) is 16.0 Å². The molecule has 2 amide bonds. The fourth-order valence-corrected chi connectivity index (χ4v) is 3.55. The van der Waals surface area contributed by atoms with Crippen molar-refractivity contribution in [2.45, 2.75) is 38.5 Å². The van der Waals surface area contributed by atoms with Gasteiger partial charge in [0.25, 0.3) is 0 Å². The maximum atomic E-state index is 13.5. The summed E-state index contributed by atoms with van der Waals surface area (Å²) >= 11 is 0. The number of aryl methyl sites for hydroxylation is 1. The highest BCUT2D eigenvalue weighted by Gasteiger charge is 2.15. The van der Waals surface area contributed by atoms with Gasteiger partial charge in [0.15, 0.2) is 0 Å². The van der Waals surface area contributed by atoms with Gasteiger partial charge >= 0.3 is 11.8 Å². The number of carbonyl (C=O) groups is 2. The Morgan fingerprint density at radius 1 is 0.900 bits per heavy atom. The third-order valence-electron chi connectivity index (χ3n) is 5.22. The van der Waals surface area contributed by atoms with Gasteiger partial charge in [0.2, 0.25) is 0 Å². The second-order valence-corrected chi connectivity index (χ2v) is 7.51. The average Bonchev–Trinajstić information content (AvgIpc) is 3.03. The molecule has 1 aliphatic heterocycles. The number of benzene rings is 2. The van der Waals surface area contributed by atoms with Crippen molar-refractivity contribution in [3.63, 3.8) is 0 Å². The third-order valence-corrected chi connectivity index (χ3v) is 5.22. The lowest BCUT2D eigenvalue weighted by Crippen LogP contribution is -2.36. The molecule has 1 saturated heterocycles. The minimum atomic E-state index is -1.03. The summed E-state index contributed by atoms with van der Waals surface area (Å²) in [5.74, 6) is -3.41. The molecule has 0 radical (unpaired) electrons. The summed E-state index contributed by atoms with van der Waals surface area (Å²) in [5.41, 5.74) is 2.05. The second-order valence-electron chi connectivity index (χ2n) is 7.51. The highest BCUT2D eigenvalue weighted by atomic mass is 19.1. The number of nitrogens with one attached hydrogen (secondary N) is 2. The Labute approximate surface area is 175 Å². The number of rotatable bonds is 6. The highest BCUT2D eigenvalue weighted by molar-refractivity contribution is 6.39. The molecule has 0 unspecified atom stereocenters. The van der Waals surface area contributed by atoms with Crippen molar-refractivity contribution in [3.05, 3.63) is 59.7 Å². The van der Waals surface area contributed by atoms with E-state index in [1.807, 2.05) is 0 Å². The maximum Gasteiger partial charge on any atom is 0.313 e. The van der Waals surface area contributed by atoms with Gasteiger partial charge in [-0.25, -0.2) is 8.78 Å². The summed E-state index contributed by atoms with van der Waals surface area (Å²) in [4.78, 5) is 26.1. The molecule has 1 heterocycles. The van der Waals surface area contributed by atoms with E-state index in [1.165, 1.54) is 31.4 Å². The fourth-order valence-electron chi connectivity index (χ4n) is 3.55. The number of carbonyl (C=O) groups excluding carboxylic acids is 2. The summed E-state index contributed by atoms with van der Waals surface area (Å²) in [6.45, 7) is 2.52. The van der Waals surface area contributed by atoms with Crippen LogP contribution >= 0.6 is 0 Å². The Balaban J connectivity index is 1.40. The van der Waals surface area contributed by atoms with Crippen LogP contribution in [0.5, 0.6) is 0 Å². The first-order valence-corrected chi connectivity index (χ1v) is 10.4. The first-order valence-electron chi connectivity index (χ1n) is 10.4. The van der Waals surface area contributed by atoms with E-state index in [2.05, 4.69) is 39.8 Å². The fraction of sp³-hybridized carbons (Fsp3) is 0.391. The molecule has 2 aromatic rings. The van der Waals surface area contributed by atoms with E-state index in [1.54, 1.807) is 0 Å². The number of halogens is 2. The van der Waals surface area contributed by atoms with E-state index in [9.17, 15) is 18.4 Å². The summed E-state index contributed by atoms with van der Waals surface area (Å²) in [6.07, 6.45) is 6.50. The van der Waals surface area contributed by atoms with Crippen molar-refractivity contribution in [1.29, 1.82) is 0 Å². The van der Waals surface area contributed by atoms with E-state index >= 15 is 0 Å². The lowest BCUT2D eigenvalue weighted by atomic mass is 10.1. The van der Waals surface area contributed by atoms with Crippen LogP contribution in [0.25, 0.3) is 0 Å². The Morgan fingerprint density at radius 3 is 2.30 bits per heavy atom. The largest absolute Gasteiger partial charge is 0.372 e. The summed E-state index contributed by atoms with van der Waals surface area (Å²) in [6, 6.07) is 11.1. The number of hydrogen-bond acceptors (Lipinski definition) is 3. The van der Waals surface area contributed by atoms with Gasteiger partial charge in [-0.1, -0.05) is 25.0 Å². The van der Waals surface area contributed by atoms with Gasteiger partial charge in [0, 0.05) is 31.4 Å². The van der Waals surface area contributed by atoms with Gasteiger partial charge < -0.3 is 15.5 Å². The third kappa shape index (κ3) is 6.27. The second kappa shape index (κ2) is 10.7. The molecule has 0 aliphatic carbocycles. The zero-order valence-corrected chi connectivity index (χ0v) is 16.9. The van der Waals surface area contributed by atoms with Crippen LogP contribution in [0.2, 0.25) is 0 Å². The van der Waals surface area contributed by atoms with E-state index in [0.29, 0.717) is 13.0 Å². The molecule has 0 saturated carbocycles. The predicted octanol–water partition coefficient (Wildman–Crippen LogP) is 4.03. The normalized spacial score (nSPS) is 14.1. The number of amides is 2. The lowest BCUT2D eigenvalue weighted by molar-refractivity contribution is -0.136. The van der Waals surface area contributed by atoms with Crippen LogP contribution in [0, 0.1) is 11.6 Å². The highest BCUT2D eigenvalue weighted by Crippen LogP contribution is 2.20. The Kier molecular flexibility index (Phi) is 7.76. The molecule has 2 aromatic carbocycles. The lowest BCUT2D eigenvalue weighted by Gasteiger charge is -2.22. The molecule has 160 valence electrons. The molecule has 0 atom stereocenters. The van der Waals surface area contributed by atoms with Crippen molar-refractivity contribution in [2.24, 2.45) is 0 Å². The molecule has 0 spiro atoms. The van der Waals surface area contributed by atoms with Crippen LogP contribution in [0.4, 0.5) is 20.2 Å². The number of nitrogens with zero attached hydrogens (tertiary/aromatic N) is 1. The average molecular weight is 415 g/mol. The molecule has 0 aromatic heterocycles. The van der Waals surface area contributed by atoms with E-state index in [4.69, 9.17) is 0 Å². The first kappa shape index (κ1) is 21.7. The zero-order valence-electron chi connectivity index (χ0n) is 16.9. The van der Waals surface area contributed by atoms with Crippen molar-refractivity contribution in [1.82, 2.24) is 5.32 Å². The standard InChI is InChI=1S/C23H27F2N3O2/c24-18-9-12-20(25)21(16-18)27-23(30)22(29)26-13-5-6-17-7-10-19(11-8-17)28-14-3-1-2-4-15-28/h7-12,16H,1-6,13-15H2,(H,26,29)(H,27,30). The zero-order chi connectivity index (χ0) is 21.3. The van der Waals surface area contributed by atoms with Crippen molar-refractivity contribution in [3.8, 4) is 0 Å². The van der Waals surface area contributed by atoms with Crippen LogP contribution < -0.4 is 15.5 Å². The van der Waals surface area contributed by atoms with Crippen LogP contribution in [0.3, 0.4) is 0 Å². The molecule has 0 bridgehead atoms. The molecule has 2 N–H and O–H groups in total. The smallest absolute Gasteiger partial charge is 0.313 e. The predicted molar refractivity (Wildman–Crippen MR) is 113 cm³/mol. The van der Waals surface area contributed by atoms with Crippen molar-refractivity contribution >= 4 is 23.2 Å². The minimum Gasteiger partial charge on any atom is -0.372 e. The monoisotopic (exact) mass is 415 g/mol. The quantitative estimate of drug-likeness (QED) is 0.553. The van der Waals surface area contributed by atoms with Crippen molar-refractivity contribution < 1.29 is 18.4 Å². The van der Waals surface area contributed by atoms with Crippen LogP contribution in [-0.4, -0.2) is 31.4 Å². The van der Waals surface area contributed by atoms with E-state index in [0.717, 1.165) is 43.3 Å². The summed E-state index contributed by atoms with van der Waals surface area (Å²) in [7, 11) is 0. The topological polar surface area (TPSA) is 61.4 Å². The van der Waals surface area contributed by atoms with Crippen molar-refractivity contribution in [2.75, 3.05) is 29.9 Å². The molecular formula is C23H27F2N3O2. The molecule has 1 fully saturated rings. The number of anilines is 2. The van der Waals surface area contributed by atoms with Gasteiger partial charge in [-0.2, -0.15) is 0 Å². The number of hydrogen-bond donors (Lipinski definition) is 2. The minimum absolute atomic E-state index is 0.311. The molecule has 3 rings (SSSR count). The Bertz CT molecular complexity index is 863.